The maximum Gasteiger partial charge on any atom is 0.274 e. The van der Waals surface area contributed by atoms with Gasteiger partial charge in [-0.3, -0.25) is 14.8 Å². The Morgan fingerprint density at radius 2 is 2.04 bits per heavy atom. The molecular formula is C19H18N4O2. The van der Waals surface area contributed by atoms with Gasteiger partial charge in [0.2, 0.25) is 0 Å². The van der Waals surface area contributed by atoms with Gasteiger partial charge in [-0.2, -0.15) is 0 Å². The van der Waals surface area contributed by atoms with Gasteiger partial charge in [0.15, 0.2) is 5.69 Å². The molecule has 1 amide bonds. The molecule has 6 nitrogen and oxygen atoms in total. The van der Waals surface area contributed by atoms with Gasteiger partial charge in [-0.15, -0.1) is 0 Å². The summed E-state index contributed by atoms with van der Waals surface area (Å²) in [7, 11) is 0. The average Bonchev–Trinajstić information content (AvgIpc) is 3.11. The van der Waals surface area contributed by atoms with Gasteiger partial charge in [0.05, 0.1) is 5.69 Å². The number of rotatable bonds is 4. The number of carbonyl (C=O) groups excluding carboxylic acids is 1. The van der Waals surface area contributed by atoms with Crippen molar-refractivity contribution in [3.63, 3.8) is 0 Å². The van der Waals surface area contributed by atoms with E-state index in [1.165, 1.54) is 0 Å². The molecule has 6 heteroatoms. The number of nitrogens with zero attached hydrogens (tertiary/aromatic N) is 3. The Morgan fingerprint density at radius 1 is 1.16 bits per heavy atom. The van der Waals surface area contributed by atoms with Gasteiger partial charge in [0.25, 0.3) is 5.91 Å². The molecule has 1 aliphatic carbocycles. The van der Waals surface area contributed by atoms with Crippen LogP contribution in [0.4, 0.5) is 0 Å². The molecule has 0 aliphatic heterocycles. The molecule has 0 spiro atoms. The van der Waals surface area contributed by atoms with Crippen molar-refractivity contribution < 1.29 is 9.32 Å². The van der Waals surface area contributed by atoms with E-state index >= 15 is 0 Å². The van der Waals surface area contributed by atoms with Gasteiger partial charge in [0, 0.05) is 42.7 Å². The number of pyridine rings is 2. The highest BCUT2D eigenvalue weighted by Crippen LogP contribution is 2.24. The van der Waals surface area contributed by atoms with E-state index in [0.717, 1.165) is 53.8 Å². The Hall–Kier alpha value is -3.02. The minimum Gasteiger partial charge on any atom is -0.360 e. The zero-order valence-electron chi connectivity index (χ0n) is 13.7. The van der Waals surface area contributed by atoms with Gasteiger partial charge in [-0.1, -0.05) is 11.2 Å². The fourth-order valence-corrected chi connectivity index (χ4v) is 3.17. The van der Waals surface area contributed by atoms with Crippen LogP contribution < -0.4 is 5.32 Å². The molecule has 0 aromatic carbocycles. The summed E-state index contributed by atoms with van der Waals surface area (Å²) in [5, 5.41) is 6.92. The zero-order valence-corrected chi connectivity index (χ0v) is 13.7. The second-order valence-electron chi connectivity index (χ2n) is 6.08. The predicted molar refractivity (Wildman–Crippen MR) is 91.8 cm³/mol. The van der Waals surface area contributed by atoms with Crippen LogP contribution in [0.1, 0.15) is 40.2 Å². The smallest absolute Gasteiger partial charge is 0.274 e. The van der Waals surface area contributed by atoms with Gasteiger partial charge in [-0.25, -0.2) is 0 Å². The zero-order chi connectivity index (χ0) is 17.1. The summed E-state index contributed by atoms with van der Waals surface area (Å²) in [4.78, 5) is 21.1. The number of nitrogens with one attached hydrogen (secondary N) is 1. The summed E-state index contributed by atoms with van der Waals surface area (Å²) in [5.74, 6) is 0.654. The number of amides is 1. The lowest BCUT2D eigenvalue weighted by Crippen LogP contribution is -2.25. The molecule has 3 heterocycles. The fraction of sp³-hybridized carbons (Fsp3) is 0.263. The molecule has 25 heavy (non-hydrogen) atoms. The quantitative estimate of drug-likeness (QED) is 0.793. The van der Waals surface area contributed by atoms with E-state index in [1.807, 2.05) is 24.3 Å². The van der Waals surface area contributed by atoms with E-state index in [4.69, 9.17) is 4.52 Å². The number of aryl methyl sites for hydroxylation is 1. The first-order valence-electron chi connectivity index (χ1n) is 8.43. The van der Waals surface area contributed by atoms with Crippen LogP contribution in [-0.4, -0.2) is 21.0 Å². The Kier molecular flexibility index (Phi) is 4.24. The third-order valence-electron chi connectivity index (χ3n) is 4.43. The minimum absolute atomic E-state index is 0.201. The normalized spacial score (nSPS) is 13.3. The number of carbonyl (C=O) groups is 1. The summed E-state index contributed by atoms with van der Waals surface area (Å²) in [6.45, 7) is 0.374. The van der Waals surface area contributed by atoms with Gasteiger partial charge in [-0.05, 0) is 43.0 Å². The standard InChI is InChI=1S/C19H18N4O2/c24-19(18-15-7-1-2-8-16(15)25-23-18)22-12-14-6-4-10-21-17(14)13-5-3-9-20-11-13/h3-6,9-11H,1-2,7-8,12H2,(H,22,24). The third-order valence-corrected chi connectivity index (χ3v) is 4.43. The van der Waals surface area contributed by atoms with Crippen molar-refractivity contribution in [2.45, 2.75) is 32.2 Å². The Labute approximate surface area is 145 Å². The molecule has 0 atom stereocenters. The summed E-state index contributed by atoms with van der Waals surface area (Å²) < 4.78 is 5.32. The lowest BCUT2D eigenvalue weighted by atomic mass is 9.96. The first kappa shape index (κ1) is 15.5. The Bertz CT molecular complexity index is 889. The van der Waals surface area contributed by atoms with E-state index in [2.05, 4.69) is 20.4 Å². The molecule has 1 N–H and O–H groups in total. The van der Waals surface area contributed by atoms with Crippen molar-refractivity contribution >= 4 is 5.91 Å². The lowest BCUT2D eigenvalue weighted by Gasteiger charge is -2.11. The van der Waals surface area contributed by atoms with Crippen LogP contribution in [-0.2, 0) is 19.4 Å². The number of hydrogen-bond donors (Lipinski definition) is 1. The van der Waals surface area contributed by atoms with Gasteiger partial charge >= 0.3 is 0 Å². The van der Waals surface area contributed by atoms with Crippen molar-refractivity contribution in [1.82, 2.24) is 20.4 Å². The van der Waals surface area contributed by atoms with E-state index in [-0.39, 0.29) is 5.91 Å². The fourth-order valence-electron chi connectivity index (χ4n) is 3.17. The molecule has 0 saturated heterocycles. The highest BCUT2D eigenvalue weighted by Gasteiger charge is 2.23. The molecule has 126 valence electrons. The molecular weight excluding hydrogens is 316 g/mol. The summed E-state index contributed by atoms with van der Waals surface area (Å²) in [6.07, 6.45) is 9.11. The lowest BCUT2D eigenvalue weighted by molar-refractivity contribution is 0.0941. The largest absolute Gasteiger partial charge is 0.360 e. The van der Waals surface area contributed by atoms with Crippen molar-refractivity contribution in [2.24, 2.45) is 0 Å². The number of aromatic nitrogens is 3. The number of hydrogen-bond acceptors (Lipinski definition) is 5. The maximum absolute atomic E-state index is 12.5. The molecule has 1 aliphatic rings. The summed E-state index contributed by atoms with van der Waals surface area (Å²) in [5.41, 5.74) is 4.05. The molecule has 4 rings (SSSR count). The van der Waals surface area contributed by atoms with E-state index in [1.54, 1.807) is 18.6 Å². The minimum atomic E-state index is -0.201. The Balaban J connectivity index is 1.52. The molecule has 3 aromatic heterocycles. The average molecular weight is 334 g/mol. The molecule has 3 aromatic rings. The van der Waals surface area contributed by atoms with Crippen LogP contribution in [0.15, 0.2) is 47.4 Å². The highest BCUT2D eigenvalue weighted by atomic mass is 16.5. The second-order valence-corrected chi connectivity index (χ2v) is 6.08. The summed E-state index contributed by atoms with van der Waals surface area (Å²) in [6, 6.07) is 7.63. The van der Waals surface area contributed by atoms with Crippen LogP contribution in [0.2, 0.25) is 0 Å². The third kappa shape index (κ3) is 3.15. The summed E-state index contributed by atoms with van der Waals surface area (Å²) >= 11 is 0. The van der Waals surface area contributed by atoms with E-state index in [0.29, 0.717) is 12.2 Å². The van der Waals surface area contributed by atoms with E-state index in [9.17, 15) is 4.79 Å². The molecule has 0 radical (unpaired) electrons. The van der Waals surface area contributed by atoms with Crippen LogP contribution in [0.25, 0.3) is 11.3 Å². The van der Waals surface area contributed by atoms with Crippen molar-refractivity contribution in [1.29, 1.82) is 0 Å². The first-order valence-corrected chi connectivity index (χ1v) is 8.43. The van der Waals surface area contributed by atoms with Crippen molar-refractivity contribution in [2.75, 3.05) is 0 Å². The van der Waals surface area contributed by atoms with Crippen LogP contribution in [0.5, 0.6) is 0 Å². The molecule has 0 unspecified atom stereocenters. The van der Waals surface area contributed by atoms with E-state index < -0.39 is 0 Å². The number of fused-ring (bicyclic) bond motifs is 1. The van der Waals surface area contributed by atoms with Crippen LogP contribution in [0, 0.1) is 0 Å². The van der Waals surface area contributed by atoms with Gasteiger partial charge in [0.1, 0.15) is 5.76 Å². The highest BCUT2D eigenvalue weighted by molar-refractivity contribution is 5.93. The Morgan fingerprint density at radius 3 is 2.92 bits per heavy atom. The van der Waals surface area contributed by atoms with Gasteiger partial charge < -0.3 is 9.84 Å². The second kappa shape index (κ2) is 6.84. The molecule has 0 bridgehead atoms. The predicted octanol–water partition coefficient (Wildman–Crippen LogP) is 2.94. The van der Waals surface area contributed by atoms with Crippen molar-refractivity contribution in [3.05, 3.63) is 65.4 Å². The maximum atomic E-state index is 12.5. The first-order chi connectivity index (χ1) is 12.3. The van der Waals surface area contributed by atoms with Crippen molar-refractivity contribution in [3.8, 4) is 11.3 Å². The molecule has 0 saturated carbocycles. The SMILES string of the molecule is O=C(NCc1cccnc1-c1cccnc1)c1noc2c1CCCC2. The topological polar surface area (TPSA) is 80.9 Å². The van der Waals surface area contributed by atoms with Crippen LogP contribution >= 0.6 is 0 Å². The molecule has 0 fully saturated rings. The van der Waals surface area contributed by atoms with Crippen LogP contribution in [0.3, 0.4) is 0 Å². The monoisotopic (exact) mass is 334 g/mol.